The molecule has 1 heterocycles. The van der Waals surface area contributed by atoms with Crippen LogP contribution in [0, 0.1) is 0 Å². The number of ether oxygens (including phenoxy) is 2. The summed E-state index contributed by atoms with van der Waals surface area (Å²) in [5, 5.41) is 12.7. The second kappa shape index (κ2) is 6.16. The van der Waals surface area contributed by atoms with Gasteiger partial charge in [0.2, 0.25) is 5.88 Å². The van der Waals surface area contributed by atoms with E-state index in [1.807, 2.05) is 4.84 Å². The number of rotatable bonds is 5. The van der Waals surface area contributed by atoms with E-state index < -0.39 is 5.91 Å². The van der Waals surface area contributed by atoms with Crippen LogP contribution in [0.5, 0.6) is 11.6 Å². The van der Waals surface area contributed by atoms with E-state index in [1.165, 1.54) is 19.4 Å². The van der Waals surface area contributed by atoms with Crippen molar-refractivity contribution in [3.8, 4) is 11.6 Å². The Morgan fingerprint density at radius 1 is 1.50 bits per heavy atom. The Bertz CT molecular complexity index is 614. The molecule has 1 amide bonds. The third kappa shape index (κ3) is 2.94. The van der Waals surface area contributed by atoms with E-state index in [1.54, 1.807) is 18.2 Å². The third-order valence-electron chi connectivity index (χ3n) is 2.60. The number of carbonyl (C=O) groups excluding carboxylic acids is 1. The van der Waals surface area contributed by atoms with Gasteiger partial charge in [-0.15, -0.1) is 4.85 Å². The molecular weight excluding hydrogens is 286 g/mol. The SMILES string of the molecule is COc1cccc(C(=O)NCl)c1COc1ccn(O)n1. The summed E-state index contributed by atoms with van der Waals surface area (Å²) in [7, 11) is 1.49. The lowest BCUT2D eigenvalue weighted by molar-refractivity contribution is 0.0978. The highest BCUT2D eigenvalue weighted by atomic mass is 35.5. The molecule has 0 saturated carbocycles. The van der Waals surface area contributed by atoms with Crippen LogP contribution in [0.4, 0.5) is 0 Å². The number of aromatic nitrogens is 2. The van der Waals surface area contributed by atoms with Crippen molar-refractivity contribution >= 4 is 17.7 Å². The van der Waals surface area contributed by atoms with Gasteiger partial charge in [-0.05, 0) is 12.1 Å². The topological polar surface area (TPSA) is 85.6 Å². The molecule has 106 valence electrons. The fourth-order valence-electron chi connectivity index (χ4n) is 1.69. The van der Waals surface area contributed by atoms with Crippen molar-refractivity contribution in [3.05, 3.63) is 41.6 Å². The molecule has 2 rings (SSSR count). The Morgan fingerprint density at radius 2 is 2.30 bits per heavy atom. The summed E-state index contributed by atoms with van der Waals surface area (Å²) in [6.07, 6.45) is 1.32. The Hall–Kier alpha value is -2.41. The molecule has 1 aromatic heterocycles. The minimum Gasteiger partial charge on any atom is -0.496 e. The van der Waals surface area contributed by atoms with Gasteiger partial charge in [0.05, 0.1) is 18.9 Å². The predicted octanol–water partition coefficient (Wildman–Crippen LogP) is 1.59. The maximum absolute atomic E-state index is 11.7. The van der Waals surface area contributed by atoms with E-state index in [-0.39, 0.29) is 12.5 Å². The molecule has 0 radical (unpaired) electrons. The lowest BCUT2D eigenvalue weighted by Gasteiger charge is -2.12. The van der Waals surface area contributed by atoms with Gasteiger partial charge in [0.15, 0.2) is 0 Å². The number of halogens is 1. The lowest BCUT2D eigenvalue weighted by Crippen LogP contribution is -2.16. The summed E-state index contributed by atoms with van der Waals surface area (Å²) in [6.45, 7) is 0.0423. The largest absolute Gasteiger partial charge is 0.496 e. The van der Waals surface area contributed by atoms with E-state index in [9.17, 15) is 4.79 Å². The molecular formula is C12H12ClN3O4. The first-order valence-electron chi connectivity index (χ1n) is 5.60. The van der Waals surface area contributed by atoms with Crippen LogP contribution in [0.15, 0.2) is 30.5 Å². The summed E-state index contributed by atoms with van der Waals surface area (Å²) in [5.41, 5.74) is 0.864. The van der Waals surface area contributed by atoms with E-state index in [2.05, 4.69) is 5.10 Å². The second-order valence-electron chi connectivity index (χ2n) is 3.77. The first kappa shape index (κ1) is 14.0. The molecule has 20 heavy (non-hydrogen) atoms. The molecule has 7 nitrogen and oxygen atoms in total. The molecule has 2 aromatic rings. The van der Waals surface area contributed by atoms with Crippen LogP contribution >= 0.6 is 11.8 Å². The van der Waals surface area contributed by atoms with Crippen LogP contribution < -0.4 is 14.3 Å². The molecule has 0 bridgehead atoms. The zero-order valence-corrected chi connectivity index (χ0v) is 11.3. The Labute approximate surface area is 119 Å². The normalized spacial score (nSPS) is 10.1. The summed E-state index contributed by atoms with van der Waals surface area (Å²) < 4.78 is 10.6. The number of methoxy groups -OCH3 is 1. The van der Waals surface area contributed by atoms with Gasteiger partial charge in [-0.1, -0.05) is 11.2 Å². The quantitative estimate of drug-likeness (QED) is 0.646. The van der Waals surface area contributed by atoms with Crippen LogP contribution in [0.3, 0.4) is 0 Å². The molecule has 0 aliphatic rings. The van der Waals surface area contributed by atoms with Crippen molar-refractivity contribution in [2.24, 2.45) is 0 Å². The minimum absolute atomic E-state index is 0.0423. The Balaban J connectivity index is 2.26. The molecule has 1 aromatic carbocycles. The van der Waals surface area contributed by atoms with Crippen molar-refractivity contribution < 1.29 is 19.5 Å². The van der Waals surface area contributed by atoms with Gasteiger partial charge in [-0.3, -0.25) is 9.63 Å². The number of benzene rings is 1. The zero-order chi connectivity index (χ0) is 14.5. The van der Waals surface area contributed by atoms with Crippen LogP contribution in [-0.2, 0) is 6.61 Å². The molecule has 0 atom stereocenters. The number of hydrogen-bond donors (Lipinski definition) is 2. The third-order valence-corrected chi connectivity index (χ3v) is 2.77. The van der Waals surface area contributed by atoms with E-state index in [0.29, 0.717) is 21.7 Å². The smallest absolute Gasteiger partial charge is 0.266 e. The zero-order valence-electron chi connectivity index (χ0n) is 10.5. The average molecular weight is 298 g/mol. The van der Waals surface area contributed by atoms with Gasteiger partial charge in [0, 0.05) is 23.4 Å². The van der Waals surface area contributed by atoms with Crippen molar-refractivity contribution in [2.45, 2.75) is 6.61 Å². The Kier molecular flexibility index (Phi) is 4.31. The van der Waals surface area contributed by atoms with Gasteiger partial charge in [-0.25, -0.2) is 0 Å². The standard InChI is InChI=1S/C12H12ClN3O4/c1-19-10-4-2-3-8(12(17)14-13)9(10)7-20-11-5-6-16(18)15-11/h2-6,18H,7H2,1H3,(H,14,17). The second-order valence-corrected chi connectivity index (χ2v) is 3.96. The van der Waals surface area contributed by atoms with Crippen LogP contribution in [0.25, 0.3) is 0 Å². The maximum atomic E-state index is 11.7. The van der Waals surface area contributed by atoms with Crippen molar-refractivity contribution in [1.82, 2.24) is 14.8 Å². The molecule has 2 N–H and O–H groups in total. The highest BCUT2D eigenvalue weighted by molar-refractivity contribution is 6.24. The van der Waals surface area contributed by atoms with E-state index in [4.69, 9.17) is 26.5 Å². The number of nitrogens with zero attached hydrogens (tertiary/aromatic N) is 2. The highest BCUT2D eigenvalue weighted by Crippen LogP contribution is 2.24. The van der Waals surface area contributed by atoms with E-state index >= 15 is 0 Å². The van der Waals surface area contributed by atoms with Gasteiger partial charge < -0.3 is 14.7 Å². The summed E-state index contributed by atoms with van der Waals surface area (Å²) in [5.74, 6) is 0.249. The molecule has 0 spiro atoms. The molecule has 0 aliphatic heterocycles. The highest BCUT2D eigenvalue weighted by Gasteiger charge is 2.16. The van der Waals surface area contributed by atoms with Crippen LogP contribution in [0.1, 0.15) is 15.9 Å². The van der Waals surface area contributed by atoms with Crippen LogP contribution in [0.2, 0.25) is 0 Å². The first-order valence-corrected chi connectivity index (χ1v) is 5.98. The van der Waals surface area contributed by atoms with Crippen molar-refractivity contribution in [1.29, 1.82) is 0 Å². The van der Waals surface area contributed by atoms with E-state index in [0.717, 1.165) is 0 Å². The van der Waals surface area contributed by atoms with Gasteiger partial charge >= 0.3 is 0 Å². The Morgan fingerprint density at radius 3 is 2.90 bits per heavy atom. The number of carbonyl (C=O) groups is 1. The monoisotopic (exact) mass is 297 g/mol. The molecule has 0 unspecified atom stereocenters. The van der Waals surface area contributed by atoms with Crippen LogP contribution in [-0.4, -0.2) is 28.2 Å². The van der Waals surface area contributed by atoms with Gasteiger partial charge in [0.1, 0.15) is 12.4 Å². The minimum atomic E-state index is -0.461. The molecule has 0 saturated heterocycles. The number of nitrogens with one attached hydrogen (secondary N) is 1. The summed E-state index contributed by atoms with van der Waals surface area (Å²) >= 11 is 5.34. The first-order chi connectivity index (χ1) is 9.65. The van der Waals surface area contributed by atoms with Gasteiger partial charge in [0.25, 0.3) is 5.91 Å². The van der Waals surface area contributed by atoms with Crippen molar-refractivity contribution in [3.63, 3.8) is 0 Å². The maximum Gasteiger partial charge on any atom is 0.266 e. The summed E-state index contributed by atoms with van der Waals surface area (Å²) in [6, 6.07) is 6.46. The summed E-state index contributed by atoms with van der Waals surface area (Å²) in [4.78, 5) is 14.4. The average Bonchev–Trinajstić information content (AvgIpc) is 2.89. The fourth-order valence-corrected chi connectivity index (χ4v) is 1.79. The lowest BCUT2D eigenvalue weighted by atomic mass is 10.1. The molecule has 8 heteroatoms. The van der Waals surface area contributed by atoms with Gasteiger partial charge in [-0.2, -0.15) is 0 Å². The van der Waals surface area contributed by atoms with Crippen molar-refractivity contribution in [2.75, 3.05) is 7.11 Å². The fraction of sp³-hybridized carbons (Fsp3) is 0.167. The molecule has 0 fully saturated rings. The predicted molar refractivity (Wildman–Crippen MR) is 70.1 cm³/mol. The number of amides is 1. The number of hydrogen-bond acceptors (Lipinski definition) is 5. The molecule has 0 aliphatic carbocycles.